The summed E-state index contributed by atoms with van der Waals surface area (Å²) in [4.78, 5) is 3.84. The third kappa shape index (κ3) is 4.05. The van der Waals surface area contributed by atoms with Gasteiger partial charge >= 0.3 is 0 Å². The lowest BCUT2D eigenvalue weighted by atomic mass is 10.0. The Balaban J connectivity index is 1.86. The summed E-state index contributed by atoms with van der Waals surface area (Å²) >= 11 is 1.85. The molecule has 0 aromatic carbocycles. The van der Waals surface area contributed by atoms with E-state index in [1.54, 1.807) is 0 Å². The molecule has 1 fully saturated rings. The van der Waals surface area contributed by atoms with Crippen molar-refractivity contribution in [2.24, 2.45) is 0 Å². The molecule has 2 heterocycles. The van der Waals surface area contributed by atoms with Gasteiger partial charge < -0.3 is 15.0 Å². The molecule has 18 heavy (non-hydrogen) atoms. The molecule has 1 aliphatic heterocycles. The van der Waals surface area contributed by atoms with E-state index in [9.17, 15) is 0 Å². The number of nitrogens with zero attached hydrogens (tertiary/aromatic N) is 1. The van der Waals surface area contributed by atoms with Crippen LogP contribution in [0, 0.1) is 0 Å². The summed E-state index contributed by atoms with van der Waals surface area (Å²) in [6.45, 7) is 6.15. The summed E-state index contributed by atoms with van der Waals surface area (Å²) in [5, 5.41) is 5.74. The zero-order chi connectivity index (χ0) is 12.8. The quantitative estimate of drug-likeness (QED) is 0.854. The smallest absolute Gasteiger partial charge is 0.0855 e. The molecule has 0 aliphatic carbocycles. The highest BCUT2D eigenvalue weighted by molar-refractivity contribution is 7.09. The van der Waals surface area contributed by atoms with Gasteiger partial charge in [0.2, 0.25) is 0 Å². The molecule has 3 nitrogen and oxygen atoms in total. The standard InChI is InChI=1S/C14H24N2OS/c1-3-15-13(7-6-12-5-4-10-18-12)14-11-16(2)8-9-17-14/h4-5,10,13-15H,3,6-9,11H2,1-2H3. The fourth-order valence-corrected chi connectivity index (χ4v) is 3.21. The molecule has 0 bridgehead atoms. The number of likely N-dealkylation sites (N-methyl/N-ethyl adjacent to an activating group) is 2. The minimum atomic E-state index is 0.337. The van der Waals surface area contributed by atoms with Gasteiger partial charge in [0.05, 0.1) is 12.7 Å². The first-order valence-corrected chi connectivity index (χ1v) is 7.73. The van der Waals surface area contributed by atoms with Crippen molar-refractivity contribution in [3.8, 4) is 0 Å². The van der Waals surface area contributed by atoms with Gasteiger partial charge in [-0.05, 0) is 37.9 Å². The van der Waals surface area contributed by atoms with Crippen LogP contribution in [0.25, 0.3) is 0 Å². The number of hydrogen-bond acceptors (Lipinski definition) is 4. The molecule has 4 heteroatoms. The van der Waals surface area contributed by atoms with Gasteiger partial charge in [-0.25, -0.2) is 0 Å². The van der Waals surface area contributed by atoms with Crippen molar-refractivity contribution < 1.29 is 4.74 Å². The summed E-state index contributed by atoms with van der Waals surface area (Å²) < 4.78 is 5.93. The van der Waals surface area contributed by atoms with Gasteiger partial charge in [-0.15, -0.1) is 11.3 Å². The van der Waals surface area contributed by atoms with E-state index in [0.717, 1.165) is 39.1 Å². The molecule has 2 rings (SSSR count). The molecular weight excluding hydrogens is 244 g/mol. The van der Waals surface area contributed by atoms with Gasteiger partial charge in [0.1, 0.15) is 0 Å². The Morgan fingerprint density at radius 3 is 3.17 bits per heavy atom. The fourth-order valence-electron chi connectivity index (χ4n) is 2.49. The minimum Gasteiger partial charge on any atom is -0.374 e. The van der Waals surface area contributed by atoms with Crippen LogP contribution < -0.4 is 5.32 Å². The minimum absolute atomic E-state index is 0.337. The van der Waals surface area contributed by atoms with E-state index in [1.807, 2.05) is 11.3 Å². The zero-order valence-electron chi connectivity index (χ0n) is 11.4. The first-order valence-electron chi connectivity index (χ1n) is 6.85. The molecule has 1 aromatic rings. The lowest BCUT2D eigenvalue weighted by Gasteiger charge is -2.35. The molecular formula is C14H24N2OS. The highest BCUT2D eigenvalue weighted by atomic mass is 32.1. The van der Waals surface area contributed by atoms with Crippen LogP contribution in [-0.2, 0) is 11.2 Å². The van der Waals surface area contributed by atoms with Crippen LogP contribution in [-0.4, -0.2) is 50.3 Å². The van der Waals surface area contributed by atoms with Crippen molar-refractivity contribution in [2.75, 3.05) is 33.3 Å². The largest absolute Gasteiger partial charge is 0.374 e. The van der Waals surface area contributed by atoms with Crippen molar-refractivity contribution in [1.82, 2.24) is 10.2 Å². The number of nitrogens with one attached hydrogen (secondary N) is 1. The Labute approximate surface area is 114 Å². The molecule has 1 aliphatic rings. The van der Waals surface area contributed by atoms with Gasteiger partial charge in [0.15, 0.2) is 0 Å². The van der Waals surface area contributed by atoms with Crippen molar-refractivity contribution in [1.29, 1.82) is 0 Å². The summed E-state index contributed by atoms with van der Waals surface area (Å²) in [5.74, 6) is 0. The summed E-state index contributed by atoms with van der Waals surface area (Å²) in [5.41, 5.74) is 0. The van der Waals surface area contributed by atoms with Crippen molar-refractivity contribution in [3.05, 3.63) is 22.4 Å². The monoisotopic (exact) mass is 268 g/mol. The Hall–Kier alpha value is -0.420. The summed E-state index contributed by atoms with van der Waals surface area (Å²) in [6, 6.07) is 4.83. The molecule has 102 valence electrons. The van der Waals surface area contributed by atoms with E-state index >= 15 is 0 Å². The zero-order valence-corrected chi connectivity index (χ0v) is 12.2. The van der Waals surface area contributed by atoms with Gasteiger partial charge in [-0.1, -0.05) is 13.0 Å². The van der Waals surface area contributed by atoms with E-state index in [2.05, 4.69) is 41.7 Å². The molecule has 0 amide bonds. The highest BCUT2D eigenvalue weighted by Gasteiger charge is 2.25. The van der Waals surface area contributed by atoms with E-state index in [0.29, 0.717) is 12.1 Å². The Bertz CT molecular complexity index is 329. The van der Waals surface area contributed by atoms with Crippen LogP contribution in [0.3, 0.4) is 0 Å². The van der Waals surface area contributed by atoms with Crippen LogP contribution in [0.15, 0.2) is 17.5 Å². The third-order valence-electron chi connectivity index (χ3n) is 3.49. The predicted molar refractivity (Wildman–Crippen MR) is 77.3 cm³/mol. The Morgan fingerprint density at radius 1 is 1.61 bits per heavy atom. The number of aryl methyl sites for hydroxylation is 1. The van der Waals surface area contributed by atoms with E-state index in [1.165, 1.54) is 4.88 Å². The van der Waals surface area contributed by atoms with Gasteiger partial charge in [0, 0.05) is 24.0 Å². The maximum atomic E-state index is 5.93. The van der Waals surface area contributed by atoms with Crippen LogP contribution in [0.4, 0.5) is 0 Å². The topological polar surface area (TPSA) is 24.5 Å². The SMILES string of the molecule is CCNC(CCc1cccs1)C1CN(C)CCO1. The van der Waals surface area contributed by atoms with E-state index in [-0.39, 0.29) is 0 Å². The van der Waals surface area contributed by atoms with Crippen LogP contribution in [0.1, 0.15) is 18.2 Å². The molecule has 0 saturated carbocycles. The number of thiophene rings is 1. The highest BCUT2D eigenvalue weighted by Crippen LogP contribution is 2.16. The van der Waals surface area contributed by atoms with Gasteiger partial charge in [-0.2, -0.15) is 0 Å². The van der Waals surface area contributed by atoms with Crippen molar-refractivity contribution in [3.63, 3.8) is 0 Å². The maximum absolute atomic E-state index is 5.93. The predicted octanol–water partition coefficient (Wildman–Crippen LogP) is 1.99. The van der Waals surface area contributed by atoms with Crippen LogP contribution in [0.5, 0.6) is 0 Å². The van der Waals surface area contributed by atoms with Gasteiger partial charge in [-0.3, -0.25) is 0 Å². The first kappa shape index (κ1) is 14.0. The lowest BCUT2D eigenvalue weighted by molar-refractivity contribution is -0.0395. The average Bonchev–Trinajstić information content (AvgIpc) is 2.87. The first-order chi connectivity index (χ1) is 8.79. The lowest BCUT2D eigenvalue weighted by Crippen LogP contribution is -2.51. The van der Waals surface area contributed by atoms with Gasteiger partial charge in [0.25, 0.3) is 0 Å². The second kappa shape index (κ2) is 7.24. The molecule has 1 saturated heterocycles. The van der Waals surface area contributed by atoms with Crippen LogP contribution in [0.2, 0.25) is 0 Å². The van der Waals surface area contributed by atoms with Crippen LogP contribution >= 0.6 is 11.3 Å². The summed E-state index contributed by atoms with van der Waals surface area (Å²) in [7, 11) is 2.18. The number of ether oxygens (including phenoxy) is 1. The van der Waals surface area contributed by atoms with Crippen molar-refractivity contribution in [2.45, 2.75) is 31.9 Å². The number of morpholine rings is 1. The second-order valence-corrected chi connectivity index (χ2v) is 5.99. The second-order valence-electron chi connectivity index (χ2n) is 4.95. The fraction of sp³-hybridized carbons (Fsp3) is 0.714. The van der Waals surface area contributed by atoms with E-state index < -0.39 is 0 Å². The number of hydrogen-bond donors (Lipinski definition) is 1. The van der Waals surface area contributed by atoms with E-state index in [4.69, 9.17) is 4.74 Å². The summed E-state index contributed by atoms with van der Waals surface area (Å²) in [6.07, 6.45) is 2.65. The molecule has 1 N–H and O–H groups in total. The van der Waals surface area contributed by atoms with Crippen molar-refractivity contribution >= 4 is 11.3 Å². The maximum Gasteiger partial charge on any atom is 0.0855 e. The Kier molecular flexibility index (Phi) is 5.63. The molecule has 1 aromatic heterocycles. The molecule has 0 spiro atoms. The molecule has 0 radical (unpaired) electrons. The third-order valence-corrected chi connectivity index (χ3v) is 4.43. The Morgan fingerprint density at radius 2 is 2.50 bits per heavy atom. The normalized spacial score (nSPS) is 23.1. The number of rotatable bonds is 6. The molecule has 2 unspecified atom stereocenters. The average molecular weight is 268 g/mol. The molecule has 2 atom stereocenters.